The molecule has 0 atom stereocenters. The first-order chi connectivity index (χ1) is 9.36. The smallest absolute Gasteiger partial charge is 0.213 e. The van der Waals surface area contributed by atoms with Crippen LogP contribution in [0.3, 0.4) is 0 Å². The molecule has 0 saturated heterocycles. The van der Waals surface area contributed by atoms with Gasteiger partial charge in [0.05, 0.1) is 6.61 Å². The molecular weight excluding hydrogens is 236 g/mol. The van der Waals surface area contributed by atoms with Gasteiger partial charge in [0.1, 0.15) is 0 Å². The lowest BCUT2D eigenvalue weighted by Crippen LogP contribution is -2.17. The Morgan fingerprint density at radius 2 is 1.95 bits per heavy atom. The maximum Gasteiger partial charge on any atom is 0.213 e. The molecule has 0 aliphatic heterocycles. The van der Waals surface area contributed by atoms with Crippen molar-refractivity contribution in [2.75, 3.05) is 13.2 Å². The average Bonchev–Trinajstić information content (AvgIpc) is 2.45. The van der Waals surface area contributed by atoms with Crippen molar-refractivity contribution in [2.45, 2.75) is 19.9 Å². The Hall–Kier alpha value is -1.87. The van der Waals surface area contributed by atoms with Crippen LogP contribution in [0.15, 0.2) is 48.7 Å². The van der Waals surface area contributed by atoms with E-state index in [9.17, 15) is 0 Å². The van der Waals surface area contributed by atoms with E-state index in [0.29, 0.717) is 12.5 Å². The second-order valence-electron chi connectivity index (χ2n) is 4.47. The highest BCUT2D eigenvalue weighted by molar-refractivity contribution is 5.25. The van der Waals surface area contributed by atoms with Crippen molar-refractivity contribution in [1.82, 2.24) is 10.3 Å². The summed E-state index contributed by atoms with van der Waals surface area (Å²) in [5, 5.41) is 3.43. The largest absolute Gasteiger partial charge is 0.478 e. The molecule has 1 N–H and O–H groups in total. The monoisotopic (exact) mass is 256 g/mol. The molecule has 2 aromatic rings. The van der Waals surface area contributed by atoms with Gasteiger partial charge in [0.2, 0.25) is 5.88 Å². The minimum atomic E-state index is 0.692. The highest BCUT2D eigenvalue weighted by Crippen LogP contribution is 2.06. The van der Waals surface area contributed by atoms with Crippen LogP contribution in [0.25, 0.3) is 0 Å². The van der Waals surface area contributed by atoms with Crippen LogP contribution in [0.2, 0.25) is 0 Å². The highest BCUT2D eigenvalue weighted by Gasteiger charge is 1.96. The normalized spacial score (nSPS) is 10.4. The van der Waals surface area contributed by atoms with E-state index in [2.05, 4.69) is 41.5 Å². The molecule has 3 heteroatoms. The number of aryl methyl sites for hydroxylation is 1. The first kappa shape index (κ1) is 13.6. The van der Waals surface area contributed by atoms with E-state index in [-0.39, 0.29) is 0 Å². The van der Waals surface area contributed by atoms with Crippen LogP contribution >= 0.6 is 0 Å². The zero-order valence-corrected chi connectivity index (χ0v) is 11.3. The summed E-state index contributed by atoms with van der Waals surface area (Å²) in [5.74, 6) is 0.696. The van der Waals surface area contributed by atoms with Crippen molar-refractivity contribution in [3.8, 4) is 5.88 Å². The van der Waals surface area contributed by atoms with Crippen LogP contribution in [-0.4, -0.2) is 18.1 Å². The van der Waals surface area contributed by atoms with Gasteiger partial charge >= 0.3 is 0 Å². The van der Waals surface area contributed by atoms with Gasteiger partial charge in [-0.3, -0.25) is 0 Å². The Balaban J connectivity index is 1.59. The Morgan fingerprint density at radius 3 is 2.74 bits per heavy atom. The van der Waals surface area contributed by atoms with E-state index in [1.165, 1.54) is 11.1 Å². The fraction of sp³-hybridized carbons (Fsp3) is 0.312. The zero-order valence-electron chi connectivity index (χ0n) is 11.3. The molecule has 0 aliphatic rings. The molecule has 2 rings (SSSR count). The van der Waals surface area contributed by atoms with Gasteiger partial charge in [0.15, 0.2) is 0 Å². The summed E-state index contributed by atoms with van der Waals surface area (Å²) in [7, 11) is 0. The predicted octanol–water partition coefficient (Wildman–Crippen LogP) is 2.95. The van der Waals surface area contributed by atoms with E-state index in [4.69, 9.17) is 4.74 Å². The maximum absolute atomic E-state index is 5.53. The molecule has 0 amide bonds. The van der Waals surface area contributed by atoms with Gasteiger partial charge in [-0.1, -0.05) is 30.3 Å². The van der Waals surface area contributed by atoms with E-state index in [0.717, 1.165) is 19.5 Å². The molecule has 0 spiro atoms. The van der Waals surface area contributed by atoms with Crippen LogP contribution in [0.4, 0.5) is 0 Å². The van der Waals surface area contributed by atoms with Crippen LogP contribution in [0.1, 0.15) is 17.5 Å². The molecule has 3 nitrogen and oxygen atoms in total. The number of benzene rings is 1. The summed E-state index contributed by atoms with van der Waals surface area (Å²) in [4.78, 5) is 4.11. The number of hydrogen-bond donors (Lipinski definition) is 1. The van der Waals surface area contributed by atoms with Crippen molar-refractivity contribution in [1.29, 1.82) is 0 Å². The molecule has 0 fully saturated rings. The van der Waals surface area contributed by atoms with E-state index >= 15 is 0 Å². The molecular formula is C16H20N2O. The van der Waals surface area contributed by atoms with E-state index in [1.54, 1.807) is 6.20 Å². The van der Waals surface area contributed by atoms with Gasteiger partial charge < -0.3 is 10.1 Å². The highest BCUT2D eigenvalue weighted by atomic mass is 16.5. The third-order valence-electron chi connectivity index (χ3n) is 2.96. The number of aromatic nitrogens is 1. The summed E-state index contributed by atoms with van der Waals surface area (Å²) >= 11 is 0. The average molecular weight is 256 g/mol. The fourth-order valence-electron chi connectivity index (χ4n) is 1.84. The number of pyridine rings is 1. The predicted molar refractivity (Wildman–Crippen MR) is 77.2 cm³/mol. The topological polar surface area (TPSA) is 34.1 Å². The van der Waals surface area contributed by atoms with Crippen molar-refractivity contribution in [2.24, 2.45) is 0 Å². The second-order valence-corrected chi connectivity index (χ2v) is 4.47. The maximum atomic E-state index is 5.53. The lowest BCUT2D eigenvalue weighted by atomic mass is 10.1. The Kier molecular flexibility index (Phi) is 5.38. The fourth-order valence-corrected chi connectivity index (χ4v) is 1.84. The van der Waals surface area contributed by atoms with Gasteiger partial charge in [-0.25, -0.2) is 4.98 Å². The Morgan fingerprint density at radius 1 is 1.11 bits per heavy atom. The van der Waals surface area contributed by atoms with Crippen molar-refractivity contribution < 1.29 is 4.74 Å². The lowest BCUT2D eigenvalue weighted by molar-refractivity contribution is 0.296. The summed E-state index contributed by atoms with van der Waals surface area (Å²) in [6.45, 7) is 4.69. The van der Waals surface area contributed by atoms with Crippen molar-refractivity contribution in [3.63, 3.8) is 0 Å². The minimum Gasteiger partial charge on any atom is -0.478 e. The number of ether oxygens (including phenoxy) is 1. The summed E-state index contributed by atoms with van der Waals surface area (Å²) in [6.07, 6.45) is 2.72. The summed E-state index contributed by atoms with van der Waals surface area (Å²) in [6, 6.07) is 14.1. The van der Waals surface area contributed by atoms with Crippen LogP contribution in [0.5, 0.6) is 5.88 Å². The van der Waals surface area contributed by atoms with Gasteiger partial charge in [-0.05, 0) is 37.1 Å². The number of rotatable bonds is 7. The standard InChI is InChI=1S/C16H20N2O/c1-14-7-2-3-8-15(14)13-17-10-6-12-19-16-9-4-5-11-18-16/h2-5,7-9,11,17H,6,10,12-13H2,1H3. The molecule has 1 heterocycles. The third-order valence-corrected chi connectivity index (χ3v) is 2.96. The minimum absolute atomic E-state index is 0.692. The SMILES string of the molecule is Cc1ccccc1CNCCCOc1ccccn1. The first-order valence-corrected chi connectivity index (χ1v) is 6.65. The van der Waals surface area contributed by atoms with E-state index < -0.39 is 0 Å². The van der Waals surface area contributed by atoms with Crippen LogP contribution in [-0.2, 0) is 6.54 Å². The van der Waals surface area contributed by atoms with Crippen LogP contribution < -0.4 is 10.1 Å². The molecule has 0 bridgehead atoms. The molecule has 1 aromatic heterocycles. The van der Waals surface area contributed by atoms with Gasteiger partial charge in [0, 0.05) is 18.8 Å². The number of hydrogen-bond acceptors (Lipinski definition) is 3. The Bertz CT molecular complexity index is 485. The molecule has 0 radical (unpaired) electrons. The Labute approximate surface area is 114 Å². The zero-order chi connectivity index (χ0) is 13.3. The number of nitrogens with zero attached hydrogens (tertiary/aromatic N) is 1. The molecule has 1 aromatic carbocycles. The first-order valence-electron chi connectivity index (χ1n) is 6.65. The third kappa shape index (κ3) is 4.72. The lowest BCUT2D eigenvalue weighted by Gasteiger charge is -2.08. The van der Waals surface area contributed by atoms with Crippen LogP contribution in [0, 0.1) is 6.92 Å². The number of nitrogens with one attached hydrogen (secondary N) is 1. The van der Waals surface area contributed by atoms with Gasteiger partial charge in [-0.2, -0.15) is 0 Å². The van der Waals surface area contributed by atoms with Crippen molar-refractivity contribution in [3.05, 3.63) is 59.8 Å². The molecule has 0 saturated carbocycles. The van der Waals surface area contributed by atoms with Crippen molar-refractivity contribution >= 4 is 0 Å². The molecule has 0 aliphatic carbocycles. The molecule has 19 heavy (non-hydrogen) atoms. The second kappa shape index (κ2) is 7.54. The van der Waals surface area contributed by atoms with Gasteiger partial charge in [-0.15, -0.1) is 0 Å². The van der Waals surface area contributed by atoms with E-state index in [1.807, 2.05) is 18.2 Å². The molecule has 0 unspecified atom stereocenters. The summed E-state index contributed by atoms with van der Waals surface area (Å²) in [5.41, 5.74) is 2.69. The van der Waals surface area contributed by atoms with Gasteiger partial charge in [0.25, 0.3) is 0 Å². The molecule has 100 valence electrons. The quantitative estimate of drug-likeness (QED) is 0.773. The summed E-state index contributed by atoms with van der Waals surface area (Å²) < 4.78 is 5.53.